The minimum Gasteiger partial charge on any atom is -0.321 e. The quantitative estimate of drug-likeness (QED) is 0.817. The van der Waals surface area contributed by atoms with Gasteiger partial charge < -0.3 is 9.88 Å². The summed E-state index contributed by atoms with van der Waals surface area (Å²) in [5.74, 6) is 1.70. The third-order valence-electron chi connectivity index (χ3n) is 2.50. The molecule has 3 nitrogen and oxygen atoms in total. The Morgan fingerprint density at radius 1 is 1.64 bits per heavy atom. The van der Waals surface area contributed by atoms with Gasteiger partial charge in [0.15, 0.2) is 0 Å². The first kappa shape index (κ1) is 11.5. The molecule has 0 fully saturated rings. The molecule has 0 amide bonds. The maximum absolute atomic E-state index is 5.87. The Morgan fingerprint density at radius 3 is 2.86 bits per heavy atom. The summed E-state index contributed by atoms with van der Waals surface area (Å²) >= 11 is 5.87. The molecule has 0 spiro atoms. The van der Waals surface area contributed by atoms with Crippen molar-refractivity contribution in [2.24, 2.45) is 13.0 Å². The maximum Gasteiger partial charge on any atom is 0.128 e. The van der Waals surface area contributed by atoms with Crippen molar-refractivity contribution in [2.75, 3.05) is 6.54 Å². The highest BCUT2D eigenvalue weighted by Crippen LogP contribution is 2.08. The highest BCUT2D eigenvalue weighted by molar-refractivity contribution is 6.29. The van der Waals surface area contributed by atoms with Crippen LogP contribution in [0.15, 0.2) is 6.20 Å². The molecule has 1 unspecified atom stereocenters. The number of imidazole rings is 1. The normalized spacial score (nSPS) is 13.1. The van der Waals surface area contributed by atoms with Gasteiger partial charge in [0.2, 0.25) is 0 Å². The molecule has 1 N–H and O–H groups in total. The van der Waals surface area contributed by atoms with Crippen molar-refractivity contribution in [1.82, 2.24) is 14.9 Å². The van der Waals surface area contributed by atoms with E-state index in [-0.39, 0.29) is 0 Å². The minimum atomic E-state index is 0.685. The Morgan fingerprint density at radius 2 is 2.36 bits per heavy atom. The Bertz CT molecular complexity index is 283. The first-order valence-corrected chi connectivity index (χ1v) is 5.39. The molecule has 14 heavy (non-hydrogen) atoms. The predicted molar refractivity (Wildman–Crippen MR) is 59.4 cm³/mol. The smallest absolute Gasteiger partial charge is 0.128 e. The number of aromatic nitrogens is 2. The predicted octanol–water partition coefficient (Wildman–Crippen LogP) is 2.21. The van der Waals surface area contributed by atoms with Gasteiger partial charge in [0.25, 0.3) is 0 Å². The number of halogens is 1. The van der Waals surface area contributed by atoms with Crippen molar-refractivity contribution in [3.63, 3.8) is 0 Å². The van der Waals surface area contributed by atoms with Crippen LogP contribution in [0.25, 0.3) is 0 Å². The molecule has 4 heteroatoms. The average molecular weight is 216 g/mol. The highest BCUT2D eigenvalue weighted by atomic mass is 35.5. The van der Waals surface area contributed by atoms with Crippen LogP contribution in [0.1, 0.15) is 26.1 Å². The average Bonchev–Trinajstić information content (AvgIpc) is 2.49. The van der Waals surface area contributed by atoms with E-state index in [2.05, 4.69) is 24.1 Å². The monoisotopic (exact) mass is 215 g/mol. The van der Waals surface area contributed by atoms with Gasteiger partial charge >= 0.3 is 0 Å². The van der Waals surface area contributed by atoms with Gasteiger partial charge in [-0.2, -0.15) is 0 Å². The summed E-state index contributed by atoms with van der Waals surface area (Å²) in [6.45, 7) is 6.25. The summed E-state index contributed by atoms with van der Waals surface area (Å²) in [5, 5.41) is 4.05. The second kappa shape index (κ2) is 5.37. The Labute approximate surface area is 90.5 Å². The second-order valence-electron chi connectivity index (χ2n) is 3.70. The molecule has 0 aliphatic rings. The third-order valence-corrected chi connectivity index (χ3v) is 2.85. The number of nitrogens with zero attached hydrogens (tertiary/aromatic N) is 2. The molecule has 0 saturated heterocycles. The van der Waals surface area contributed by atoms with Crippen molar-refractivity contribution in [3.8, 4) is 0 Å². The van der Waals surface area contributed by atoms with Gasteiger partial charge in [-0.15, -0.1) is 0 Å². The third kappa shape index (κ3) is 3.00. The Kier molecular flexibility index (Phi) is 4.42. The van der Waals surface area contributed by atoms with Gasteiger partial charge in [-0.25, -0.2) is 4.98 Å². The van der Waals surface area contributed by atoms with Crippen LogP contribution >= 0.6 is 11.6 Å². The van der Waals surface area contributed by atoms with Gasteiger partial charge in [-0.05, 0) is 12.5 Å². The molecule has 0 saturated carbocycles. The molecule has 1 rings (SSSR count). The molecule has 0 aliphatic heterocycles. The molecule has 1 aromatic rings. The zero-order chi connectivity index (χ0) is 10.6. The Balaban J connectivity index is 2.35. The van der Waals surface area contributed by atoms with Crippen molar-refractivity contribution < 1.29 is 0 Å². The van der Waals surface area contributed by atoms with Gasteiger partial charge in [0, 0.05) is 7.05 Å². The van der Waals surface area contributed by atoms with E-state index in [1.54, 1.807) is 6.20 Å². The Hall–Kier alpha value is -0.540. The standard InChI is InChI=1S/C10H18ClN3/c1-4-8(2)5-12-7-10-13-6-9(11)14(10)3/h6,8,12H,4-5,7H2,1-3H3. The minimum absolute atomic E-state index is 0.685. The zero-order valence-corrected chi connectivity index (χ0v) is 9.80. The molecular weight excluding hydrogens is 198 g/mol. The zero-order valence-electron chi connectivity index (χ0n) is 9.05. The molecule has 1 aromatic heterocycles. The van der Waals surface area contributed by atoms with Crippen molar-refractivity contribution in [2.45, 2.75) is 26.8 Å². The molecule has 0 bridgehead atoms. The molecule has 0 radical (unpaired) electrons. The number of rotatable bonds is 5. The number of hydrogen-bond donors (Lipinski definition) is 1. The van der Waals surface area contributed by atoms with Crippen LogP contribution in [0.5, 0.6) is 0 Å². The summed E-state index contributed by atoms with van der Waals surface area (Å²) in [5.41, 5.74) is 0. The van der Waals surface area contributed by atoms with Crippen LogP contribution in [-0.4, -0.2) is 16.1 Å². The van der Waals surface area contributed by atoms with Crippen LogP contribution in [0.4, 0.5) is 0 Å². The molecule has 80 valence electrons. The van der Waals surface area contributed by atoms with Gasteiger partial charge in [-0.3, -0.25) is 0 Å². The van der Waals surface area contributed by atoms with E-state index < -0.39 is 0 Å². The molecule has 0 aromatic carbocycles. The van der Waals surface area contributed by atoms with E-state index in [1.807, 2.05) is 11.6 Å². The fourth-order valence-corrected chi connectivity index (χ4v) is 1.31. The van der Waals surface area contributed by atoms with E-state index in [0.29, 0.717) is 11.1 Å². The topological polar surface area (TPSA) is 29.9 Å². The first-order chi connectivity index (χ1) is 6.65. The lowest BCUT2D eigenvalue weighted by molar-refractivity contribution is 0.491. The summed E-state index contributed by atoms with van der Waals surface area (Å²) in [6.07, 6.45) is 2.89. The van der Waals surface area contributed by atoms with E-state index in [1.165, 1.54) is 6.42 Å². The maximum atomic E-state index is 5.87. The molecule has 1 atom stereocenters. The summed E-state index contributed by atoms with van der Waals surface area (Å²) < 4.78 is 1.89. The fourth-order valence-electron chi connectivity index (χ4n) is 1.16. The van der Waals surface area contributed by atoms with Gasteiger partial charge in [-0.1, -0.05) is 31.9 Å². The lowest BCUT2D eigenvalue weighted by atomic mass is 10.1. The lowest BCUT2D eigenvalue weighted by Gasteiger charge is -2.09. The van der Waals surface area contributed by atoms with Crippen LogP contribution in [0.3, 0.4) is 0 Å². The lowest BCUT2D eigenvalue weighted by Crippen LogP contribution is -2.22. The summed E-state index contributed by atoms with van der Waals surface area (Å²) in [7, 11) is 1.93. The van der Waals surface area contributed by atoms with E-state index in [4.69, 9.17) is 11.6 Å². The molecule has 0 aliphatic carbocycles. The SMILES string of the molecule is CCC(C)CNCc1ncc(Cl)n1C. The summed E-state index contributed by atoms with van der Waals surface area (Å²) in [6, 6.07) is 0. The number of hydrogen-bond acceptors (Lipinski definition) is 2. The highest BCUT2D eigenvalue weighted by Gasteiger charge is 2.04. The van der Waals surface area contributed by atoms with Crippen LogP contribution in [0, 0.1) is 5.92 Å². The molecule has 1 heterocycles. The van der Waals surface area contributed by atoms with E-state index in [9.17, 15) is 0 Å². The van der Waals surface area contributed by atoms with Crippen LogP contribution in [-0.2, 0) is 13.6 Å². The number of nitrogens with one attached hydrogen (secondary N) is 1. The van der Waals surface area contributed by atoms with E-state index >= 15 is 0 Å². The van der Waals surface area contributed by atoms with E-state index in [0.717, 1.165) is 18.9 Å². The fraction of sp³-hybridized carbons (Fsp3) is 0.700. The first-order valence-electron chi connectivity index (χ1n) is 5.02. The van der Waals surface area contributed by atoms with Gasteiger partial charge in [0.1, 0.15) is 11.0 Å². The van der Waals surface area contributed by atoms with Crippen molar-refractivity contribution in [1.29, 1.82) is 0 Å². The van der Waals surface area contributed by atoms with Gasteiger partial charge in [0.05, 0.1) is 12.7 Å². The van der Waals surface area contributed by atoms with Crippen molar-refractivity contribution in [3.05, 3.63) is 17.2 Å². The van der Waals surface area contributed by atoms with Crippen molar-refractivity contribution >= 4 is 11.6 Å². The summed E-state index contributed by atoms with van der Waals surface area (Å²) in [4.78, 5) is 4.21. The molecular formula is C10H18ClN3. The largest absolute Gasteiger partial charge is 0.321 e. The van der Waals surface area contributed by atoms with Crippen LogP contribution in [0.2, 0.25) is 5.15 Å². The second-order valence-corrected chi connectivity index (χ2v) is 4.09. The van der Waals surface area contributed by atoms with Crippen LogP contribution < -0.4 is 5.32 Å².